The predicted molar refractivity (Wildman–Crippen MR) is 111 cm³/mol. The van der Waals surface area contributed by atoms with Crippen LogP contribution in [0.1, 0.15) is 26.2 Å². The topological polar surface area (TPSA) is 52.7 Å². The molecule has 27 heavy (non-hydrogen) atoms. The smallest absolute Gasteiger partial charge is 0.226 e. The molecule has 1 aliphatic rings. The molecule has 2 aromatic rings. The minimum absolute atomic E-state index is 0.0838. The molecule has 2 aromatic carbocycles. The Bertz CT molecular complexity index is 801. The second kappa shape index (κ2) is 8.91. The average Bonchev–Trinajstić information content (AvgIpc) is 3.17. The van der Waals surface area contributed by atoms with E-state index in [0.29, 0.717) is 17.3 Å². The number of anilines is 3. The van der Waals surface area contributed by atoms with Crippen LogP contribution in [0.4, 0.5) is 17.1 Å². The zero-order valence-corrected chi connectivity index (χ0v) is 16.2. The molecule has 3 rings (SSSR count). The Balaban J connectivity index is 1.60. The highest BCUT2D eigenvalue weighted by Crippen LogP contribution is 2.24. The molecule has 0 aromatic heterocycles. The Kier molecular flexibility index (Phi) is 6.35. The lowest BCUT2D eigenvalue weighted by Gasteiger charge is -2.23. The van der Waals surface area contributed by atoms with Gasteiger partial charge < -0.3 is 15.1 Å². The standard InChI is InChI=1S/C21H24ClN3O2/c1-16(26)25(14-11-21(27)23-18-6-4-5-17(22)15-18)20-9-7-19(8-10-20)24-12-2-3-13-24/h4-10,15H,2-3,11-14H2,1H3,(H,23,27). The summed E-state index contributed by atoms with van der Waals surface area (Å²) in [6.45, 7) is 4.01. The summed E-state index contributed by atoms with van der Waals surface area (Å²) in [7, 11) is 0. The molecule has 0 unspecified atom stereocenters. The maximum absolute atomic E-state index is 12.2. The van der Waals surface area contributed by atoms with Gasteiger partial charge in [0.2, 0.25) is 11.8 Å². The van der Waals surface area contributed by atoms with Gasteiger partial charge in [-0.15, -0.1) is 0 Å². The lowest BCUT2D eigenvalue weighted by molar-refractivity contribution is -0.117. The van der Waals surface area contributed by atoms with Crippen LogP contribution >= 0.6 is 11.6 Å². The maximum Gasteiger partial charge on any atom is 0.226 e. The van der Waals surface area contributed by atoms with Crippen LogP contribution < -0.4 is 15.1 Å². The fourth-order valence-electron chi connectivity index (χ4n) is 3.29. The van der Waals surface area contributed by atoms with Crippen LogP contribution in [0.3, 0.4) is 0 Å². The first-order valence-electron chi connectivity index (χ1n) is 9.21. The molecule has 0 saturated carbocycles. The number of benzene rings is 2. The van der Waals surface area contributed by atoms with E-state index < -0.39 is 0 Å². The van der Waals surface area contributed by atoms with Gasteiger partial charge in [0.05, 0.1) is 0 Å². The van der Waals surface area contributed by atoms with Crippen molar-refractivity contribution in [2.75, 3.05) is 34.8 Å². The molecule has 1 aliphatic heterocycles. The SMILES string of the molecule is CC(=O)N(CCC(=O)Nc1cccc(Cl)c1)c1ccc(N2CCCC2)cc1. The number of hydrogen-bond acceptors (Lipinski definition) is 3. The van der Waals surface area contributed by atoms with Gasteiger partial charge in [0.15, 0.2) is 0 Å². The Morgan fingerprint density at radius 3 is 2.44 bits per heavy atom. The predicted octanol–water partition coefficient (Wildman–Crippen LogP) is 4.32. The quantitative estimate of drug-likeness (QED) is 0.805. The summed E-state index contributed by atoms with van der Waals surface area (Å²) in [5.41, 5.74) is 2.64. The zero-order valence-electron chi connectivity index (χ0n) is 15.5. The van der Waals surface area contributed by atoms with Gasteiger partial charge >= 0.3 is 0 Å². The molecule has 142 valence electrons. The van der Waals surface area contributed by atoms with Crippen molar-refractivity contribution in [1.29, 1.82) is 0 Å². The highest BCUT2D eigenvalue weighted by atomic mass is 35.5. The number of carbonyl (C=O) groups excluding carboxylic acids is 2. The summed E-state index contributed by atoms with van der Waals surface area (Å²) in [5, 5.41) is 3.37. The summed E-state index contributed by atoms with van der Waals surface area (Å²) in [6.07, 6.45) is 2.66. The van der Waals surface area contributed by atoms with Crippen LogP contribution in [-0.4, -0.2) is 31.4 Å². The Hall–Kier alpha value is -2.53. The van der Waals surface area contributed by atoms with Crippen LogP contribution in [0.2, 0.25) is 5.02 Å². The fourth-order valence-corrected chi connectivity index (χ4v) is 3.48. The number of nitrogens with one attached hydrogen (secondary N) is 1. The molecule has 0 bridgehead atoms. The van der Waals surface area contributed by atoms with Crippen LogP contribution in [-0.2, 0) is 9.59 Å². The van der Waals surface area contributed by atoms with E-state index in [2.05, 4.69) is 10.2 Å². The Morgan fingerprint density at radius 2 is 1.81 bits per heavy atom. The van der Waals surface area contributed by atoms with E-state index in [-0.39, 0.29) is 18.2 Å². The van der Waals surface area contributed by atoms with Crippen LogP contribution in [0, 0.1) is 0 Å². The minimum Gasteiger partial charge on any atom is -0.372 e. The van der Waals surface area contributed by atoms with Gasteiger partial charge in [-0.3, -0.25) is 9.59 Å². The van der Waals surface area contributed by atoms with Crippen molar-refractivity contribution in [3.63, 3.8) is 0 Å². The van der Waals surface area contributed by atoms with Crippen molar-refractivity contribution in [3.8, 4) is 0 Å². The number of hydrogen-bond donors (Lipinski definition) is 1. The van der Waals surface area contributed by atoms with Crippen molar-refractivity contribution in [2.24, 2.45) is 0 Å². The zero-order chi connectivity index (χ0) is 19.2. The summed E-state index contributed by atoms with van der Waals surface area (Å²) >= 11 is 5.93. The van der Waals surface area contributed by atoms with Crippen molar-refractivity contribution in [2.45, 2.75) is 26.2 Å². The first kappa shape index (κ1) is 19.2. The van der Waals surface area contributed by atoms with Crippen LogP contribution in [0.15, 0.2) is 48.5 Å². The molecule has 1 N–H and O–H groups in total. The van der Waals surface area contributed by atoms with Gasteiger partial charge in [-0.2, -0.15) is 0 Å². The van der Waals surface area contributed by atoms with E-state index in [1.54, 1.807) is 29.2 Å². The van der Waals surface area contributed by atoms with Crippen molar-refractivity contribution >= 4 is 40.5 Å². The molecule has 1 fully saturated rings. The van der Waals surface area contributed by atoms with Gasteiger partial charge in [0.25, 0.3) is 0 Å². The van der Waals surface area contributed by atoms with E-state index in [1.165, 1.54) is 25.5 Å². The average molecular weight is 386 g/mol. The third-order valence-corrected chi connectivity index (χ3v) is 4.92. The van der Waals surface area contributed by atoms with E-state index in [0.717, 1.165) is 18.8 Å². The molecule has 6 heteroatoms. The normalized spacial score (nSPS) is 13.5. The largest absolute Gasteiger partial charge is 0.372 e. The first-order valence-corrected chi connectivity index (χ1v) is 9.59. The molecular formula is C21H24ClN3O2. The Labute approximate surface area is 164 Å². The molecule has 2 amide bonds. The fraction of sp³-hybridized carbons (Fsp3) is 0.333. The van der Waals surface area contributed by atoms with Gasteiger partial charge in [-0.25, -0.2) is 0 Å². The summed E-state index contributed by atoms with van der Waals surface area (Å²) in [4.78, 5) is 28.3. The second-order valence-corrected chi connectivity index (χ2v) is 7.13. The monoisotopic (exact) mass is 385 g/mol. The van der Waals surface area contributed by atoms with Crippen molar-refractivity contribution in [1.82, 2.24) is 0 Å². The number of nitrogens with zero attached hydrogens (tertiary/aromatic N) is 2. The highest BCUT2D eigenvalue weighted by Gasteiger charge is 2.16. The molecular weight excluding hydrogens is 362 g/mol. The molecule has 1 saturated heterocycles. The van der Waals surface area contributed by atoms with Gasteiger partial charge in [-0.05, 0) is 55.3 Å². The van der Waals surface area contributed by atoms with E-state index in [1.807, 2.05) is 24.3 Å². The Morgan fingerprint density at radius 1 is 1.11 bits per heavy atom. The van der Waals surface area contributed by atoms with Gasteiger partial charge in [-0.1, -0.05) is 17.7 Å². The summed E-state index contributed by atoms with van der Waals surface area (Å²) < 4.78 is 0. The van der Waals surface area contributed by atoms with Gasteiger partial charge in [0.1, 0.15) is 0 Å². The van der Waals surface area contributed by atoms with Crippen LogP contribution in [0.5, 0.6) is 0 Å². The molecule has 0 atom stereocenters. The van der Waals surface area contributed by atoms with E-state index >= 15 is 0 Å². The number of rotatable bonds is 6. The number of halogens is 1. The minimum atomic E-state index is -0.155. The lowest BCUT2D eigenvalue weighted by atomic mass is 10.2. The molecule has 0 spiro atoms. The lowest BCUT2D eigenvalue weighted by Crippen LogP contribution is -2.32. The van der Waals surface area contributed by atoms with Gasteiger partial charge in [0, 0.05) is 55.1 Å². The highest BCUT2D eigenvalue weighted by molar-refractivity contribution is 6.30. The number of carbonyl (C=O) groups is 2. The molecule has 1 heterocycles. The second-order valence-electron chi connectivity index (χ2n) is 6.69. The molecule has 0 aliphatic carbocycles. The van der Waals surface area contributed by atoms with E-state index in [9.17, 15) is 9.59 Å². The third kappa shape index (κ3) is 5.23. The first-order chi connectivity index (χ1) is 13.0. The molecule has 0 radical (unpaired) electrons. The third-order valence-electron chi connectivity index (χ3n) is 4.68. The summed E-state index contributed by atoms with van der Waals surface area (Å²) in [6, 6.07) is 15.0. The van der Waals surface area contributed by atoms with Crippen LogP contribution in [0.25, 0.3) is 0 Å². The number of amides is 2. The molecule has 5 nitrogen and oxygen atoms in total. The summed E-state index contributed by atoms with van der Waals surface area (Å²) in [5.74, 6) is -0.239. The van der Waals surface area contributed by atoms with Crippen molar-refractivity contribution in [3.05, 3.63) is 53.6 Å². The maximum atomic E-state index is 12.2. The van der Waals surface area contributed by atoms with E-state index in [4.69, 9.17) is 11.6 Å². The van der Waals surface area contributed by atoms with Crippen molar-refractivity contribution < 1.29 is 9.59 Å².